The number of aromatic amines is 1. The van der Waals surface area contributed by atoms with Crippen molar-refractivity contribution in [2.75, 3.05) is 45.7 Å². The van der Waals surface area contributed by atoms with E-state index >= 15 is 0 Å². The van der Waals surface area contributed by atoms with Crippen molar-refractivity contribution in [1.29, 1.82) is 0 Å². The van der Waals surface area contributed by atoms with Gasteiger partial charge in [0.05, 0.1) is 29.0 Å². The number of nitrogens with zero attached hydrogens (tertiary/aromatic N) is 2. The molecule has 31 nitrogen and oxygen atoms in total. The number of nitrogens with one attached hydrogen (secondary N) is 8. The van der Waals surface area contributed by atoms with Gasteiger partial charge in [-0.25, -0.2) is 18.0 Å². The van der Waals surface area contributed by atoms with Crippen LogP contribution in [0.1, 0.15) is 76.5 Å². The third kappa shape index (κ3) is 19.7. The number of amides is 8. The number of thioether (sulfide) groups is 1. The van der Waals surface area contributed by atoms with Gasteiger partial charge in [0, 0.05) is 68.0 Å². The quantitative estimate of drug-likeness (QED) is 0.00696. The van der Waals surface area contributed by atoms with Crippen LogP contribution in [-0.2, 0) is 83.3 Å². The van der Waals surface area contributed by atoms with Crippen LogP contribution in [0.15, 0.2) is 120 Å². The number of H-pyrrole nitrogens is 1. The Bertz CT molecular complexity index is 3950. The van der Waals surface area contributed by atoms with Crippen LogP contribution in [0, 0.1) is 22.0 Å². The fourth-order valence-electron chi connectivity index (χ4n) is 11.4. The molecular weight excluding hydrogens is 1330 g/mol. The van der Waals surface area contributed by atoms with E-state index in [1.54, 1.807) is 38.1 Å². The molecule has 1 aromatic heterocycles. The number of likely N-dealkylation sites (tertiary alicyclic amines) is 1. The molecule has 1 fully saturated rings. The molecule has 99 heavy (non-hydrogen) atoms. The average molecular weight is 1410 g/mol. The van der Waals surface area contributed by atoms with E-state index in [0.717, 1.165) is 58.0 Å². The van der Waals surface area contributed by atoms with E-state index in [1.165, 1.54) is 39.2 Å². The smallest absolute Gasteiger partial charge is 0.407 e. The van der Waals surface area contributed by atoms with E-state index in [2.05, 4.69) is 48.2 Å². The van der Waals surface area contributed by atoms with Crippen molar-refractivity contribution < 1.29 is 90.1 Å². The Hall–Kier alpha value is -10.3. The minimum absolute atomic E-state index is 0.0405. The number of nitro groups is 1. The summed E-state index contributed by atoms with van der Waals surface area (Å²) in [5, 5.41) is 37.6. The average Bonchev–Trinajstić information content (AvgIpc) is 1.60. The second kappa shape index (κ2) is 34.8. The highest BCUT2D eigenvalue weighted by atomic mass is 32.2. The number of aromatic nitrogens is 1. The second-order valence-corrected chi connectivity index (χ2v) is 26.3. The molecule has 0 saturated carbocycles. The first-order valence-electron chi connectivity index (χ1n) is 31.4. The number of nitrogens with two attached hydrogens (primary N) is 1. The molecule has 4 aromatic carbocycles. The van der Waals surface area contributed by atoms with Crippen LogP contribution in [0.4, 0.5) is 10.5 Å². The van der Waals surface area contributed by atoms with Crippen LogP contribution in [0.2, 0.25) is 0 Å². The number of aliphatic carboxylic acids is 1. The van der Waals surface area contributed by atoms with Crippen molar-refractivity contribution in [2.24, 2.45) is 17.6 Å². The Morgan fingerprint density at radius 2 is 1.43 bits per heavy atom. The largest absolute Gasteiger partial charge is 0.480 e. The molecule has 0 spiro atoms. The third-order valence-electron chi connectivity index (χ3n) is 16.9. The molecule has 10 atom stereocenters. The molecule has 1 saturated heterocycles. The van der Waals surface area contributed by atoms with Crippen molar-refractivity contribution in [1.82, 2.24) is 46.5 Å². The summed E-state index contributed by atoms with van der Waals surface area (Å²) in [5.41, 5.74) is 9.45. The van der Waals surface area contributed by atoms with Crippen LogP contribution in [0.3, 0.4) is 0 Å². The highest BCUT2D eigenvalue weighted by Crippen LogP contribution is 2.44. The lowest BCUT2D eigenvalue weighted by Crippen LogP contribution is -2.59. The first-order chi connectivity index (χ1) is 47.1. The SMILES string of the molecule is C=CCOC(=O)C(Cc1c(SCC(NC(=O)CNC(=O)[C@@H](NC(=O)CNC(=O)OCC2c3ccccc3-c3ccccc32)[C@@H](C)CC)C(=O)NC(CC(N)=O)C(=O)N2C[C@H](OC)C[C@H]2C(=O)N[C@H](C(=O)O)[C@@H](C)[C@H](C)OC(C)=O)[nH]c2ccccc12)NS(=O)(=O)c1ccccc1[N+](=O)[O-]. The van der Waals surface area contributed by atoms with Gasteiger partial charge < -0.3 is 71.6 Å². The van der Waals surface area contributed by atoms with E-state index < -0.39 is 183 Å². The predicted molar refractivity (Wildman–Crippen MR) is 357 cm³/mol. The molecule has 2 heterocycles. The van der Waals surface area contributed by atoms with Crippen molar-refractivity contribution in [3.05, 3.63) is 137 Å². The highest BCUT2D eigenvalue weighted by Gasteiger charge is 2.45. The number of esters is 2. The number of rotatable bonds is 35. The molecule has 530 valence electrons. The zero-order valence-electron chi connectivity index (χ0n) is 54.9. The summed E-state index contributed by atoms with van der Waals surface area (Å²) < 4.78 is 51.8. The molecule has 1 aliphatic heterocycles. The molecule has 2 aliphatic rings. The van der Waals surface area contributed by atoms with Crippen molar-refractivity contribution >= 4 is 104 Å². The molecule has 0 radical (unpaired) electrons. The molecule has 8 amide bonds. The van der Waals surface area contributed by atoms with E-state index in [-0.39, 0.29) is 42.7 Å². The van der Waals surface area contributed by atoms with E-state index in [1.807, 2.05) is 48.5 Å². The van der Waals surface area contributed by atoms with Crippen LogP contribution >= 0.6 is 11.8 Å². The Morgan fingerprint density at radius 1 is 0.808 bits per heavy atom. The van der Waals surface area contributed by atoms with Crippen molar-refractivity contribution in [3.8, 4) is 11.1 Å². The van der Waals surface area contributed by atoms with Gasteiger partial charge in [-0.2, -0.15) is 4.72 Å². The number of carboxylic acid groups (broad SMARTS) is 1. The van der Waals surface area contributed by atoms with Crippen LogP contribution in [0.5, 0.6) is 0 Å². The third-order valence-corrected chi connectivity index (χ3v) is 19.5. The first kappa shape index (κ1) is 76.1. The van der Waals surface area contributed by atoms with Gasteiger partial charge >= 0.3 is 24.0 Å². The van der Waals surface area contributed by atoms with E-state index in [4.69, 9.17) is 24.7 Å². The Balaban J connectivity index is 1.13. The number of hydrogen-bond acceptors (Lipinski definition) is 20. The number of alkyl carbamates (subject to hydrolysis) is 1. The predicted octanol–water partition coefficient (Wildman–Crippen LogP) is 2.59. The van der Waals surface area contributed by atoms with Crippen molar-refractivity contribution in [3.63, 3.8) is 0 Å². The van der Waals surface area contributed by atoms with Crippen LogP contribution in [0.25, 0.3) is 22.0 Å². The van der Waals surface area contributed by atoms with Gasteiger partial charge in [0.1, 0.15) is 62.1 Å². The van der Waals surface area contributed by atoms with Gasteiger partial charge in [-0.15, -0.1) is 11.8 Å². The summed E-state index contributed by atoms with van der Waals surface area (Å²) >= 11 is 0.823. The Labute approximate surface area is 573 Å². The second-order valence-electron chi connectivity index (χ2n) is 23.6. The van der Waals surface area contributed by atoms with Gasteiger partial charge in [0.15, 0.2) is 4.90 Å². The van der Waals surface area contributed by atoms with Gasteiger partial charge in [0.25, 0.3) is 5.69 Å². The van der Waals surface area contributed by atoms with E-state index in [9.17, 15) is 76.4 Å². The lowest BCUT2D eigenvalue weighted by atomic mass is 9.96. The van der Waals surface area contributed by atoms with Crippen LogP contribution < -0.4 is 42.4 Å². The number of benzene rings is 4. The normalized spacial score (nSPS) is 16.5. The lowest BCUT2D eigenvalue weighted by molar-refractivity contribution is -0.387. The summed E-state index contributed by atoms with van der Waals surface area (Å²) in [5.74, 6) is -12.8. The molecule has 33 heteroatoms. The standard InChI is InChI=1S/C66H79N11O20S2/c1-8-26-95-65(88)49(75-99(92,93)53-25-17-16-24-51(53)77(90)91)28-45-44-22-14-15-23-47(44)72-62(45)98-34-50(59(82)71-48(29-54(67)79)63(85)76-32-39(94-7)27-52(76)60(83)74-58(64(86)87)36(4)37(5)97-38(6)78)70-55(80)30-68-61(84)57(35(3)9-2)73-56(81)31-69-66(89)96-33-46-42-20-12-10-18-40(42)41-19-11-13-21-43(41)46/h8,10-25,35-37,39,46,48-50,52,57-58,72,75H,1,9,26-34H2,2-7H3,(H2,67,79)(H,68,84)(H,69,89)(H,70,80)(H,71,82)(H,73,81)(H,74,83)(H,86,87)/t35-,36-,37-,39+,48?,49?,50?,52-,57-,58-/m0/s1. The topological polar surface area (TPSA) is 451 Å². The fourth-order valence-corrected chi connectivity index (χ4v) is 13.9. The number of carbonyl (C=O) groups excluding carboxylic acids is 10. The number of para-hydroxylation sites is 2. The lowest BCUT2D eigenvalue weighted by Gasteiger charge is -2.31. The van der Waals surface area contributed by atoms with Crippen molar-refractivity contribution in [2.45, 2.75) is 125 Å². The fraction of sp³-hybridized carbons (Fsp3) is 0.409. The summed E-state index contributed by atoms with van der Waals surface area (Å²) in [4.78, 5) is 164. The maximum Gasteiger partial charge on any atom is 0.407 e. The Kier molecular flexibility index (Phi) is 26.8. The summed E-state index contributed by atoms with van der Waals surface area (Å²) in [6, 6.07) is 16.4. The van der Waals surface area contributed by atoms with Gasteiger partial charge in [-0.3, -0.25) is 53.3 Å². The highest BCUT2D eigenvalue weighted by molar-refractivity contribution is 7.99. The minimum atomic E-state index is -4.88. The summed E-state index contributed by atoms with van der Waals surface area (Å²) in [6.07, 6.45) is -2.85. The monoisotopic (exact) mass is 1410 g/mol. The molecular formula is C66H79N11O20S2. The maximum atomic E-state index is 14.9. The molecule has 5 aromatic rings. The number of nitro benzene ring substituents is 1. The number of fused-ring (bicyclic) bond motifs is 4. The summed E-state index contributed by atoms with van der Waals surface area (Å²) in [7, 11) is -3.60. The zero-order valence-corrected chi connectivity index (χ0v) is 56.6. The first-order valence-corrected chi connectivity index (χ1v) is 33.9. The van der Waals surface area contributed by atoms with Gasteiger partial charge in [-0.1, -0.05) is 119 Å². The molecule has 3 unspecified atom stereocenters. The van der Waals surface area contributed by atoms with Crippen LogP contribution in [-0.4, -0.2) is 188 Å². The number of sulfonamides is 1. The Morgan fingerprint density at radius 3 is 2.06 bits per heavy atom. The maximum absolute atomic E-state index is 14.9. The molecule has 11 N–H and O–H groups in total. The number of methoxy groups -OCH3 is 1. The number of hydrogen-bond donors (Lipinski definition) is 10. The van der Waals surface area contributed by atoms with Gasteiger partial charge in [-0.05, 0) is 52.8 Å². The number of primary amides is 1. The summed E-state index contributed by atoms with van der Waals surface area (Å²) in [6.45, 7) is 8.64. The number of carboxylic acids is 1. The number of ether oxygens (including phenoxy) is 4. The molecule has 0 bridgehead atoms. The zero-order chi connectivity index (χ0) is 72.4. The van der Waals surface area contributed by atoms with E-state index in [0.29, 0.717) is 17.3 Å². The molecule has 7 rings (SSSR count). The minimum Gasteiger partial charge on any atom is -0.480 e. The molecule has 1 aliphatic carbocycles. The number of carbonyl (C=O) groups is 11. The van der Waals surface area contributed by atoms with Gasteiger partial charge in [0.2, 0.25) is 51.4 Å².